The lowest BCUT2D eigenvalue weighted by Gasteiger charge is -2.09. The monoisotopic (exact) mass is 250 g/mol. The number of benzene rings is 1. The van der Waals surface area contributed by atoms with E-state index in [0.29, 0.717) is 18.2 Å². The fourth-order valence-electron chi connectivity index (χ4n) is 1.22. The second-order valence-corrected chi connectivity index (χ2v) is 3.77. The van der Waals surface area contributed by atoms with Gasteiger partial charge in [0.15, 0.2) is 5.11 Å². The second-order valence-electron chi connectivity index (χ2n) is 3.36. The van der Waals surface area contributed by atoms with Crippen LogP contribution in [0.15, 0.2) is 36.9 Å². The minimum absolute atomic E-state index is 0.272. The molecule has 1 rings (SSSR count). The summed E-state index contributed by atoms with van der Waals surface area (Å²) < 4.78 is 0. The number of nitrogens with one attached hydrogen (secondary N) is 2. The summed E-state index contributed by atoms with van der Waals surface area (Å²) in [5.41, 5.74) is 1.14. The maximum Gasteiger partial charge on any atom is 0.335 e. The van der Waals surface area contributed by atoms with Gasteiger partial charge >= 0.3 is 5.97 Å². The van der Waals surface area contributed by atoms with E-state index in [-0.39, 0.29) is 5.56 Å². The zero-order valence-electron chi connectivity index (χ0n) is 9.27. The van der Waals surface area contributed by atoms with Gasteiger partial charge in [-0.15, -0.1) is 6.58 Å². The molecule has 0 aromatic heterocycles. The van der Waals surface area contributed by atoms with Crippen LogP contribution in [0.5, 0.6) is 0 Å². The van der Waals surface area contributed by atoms with Crippen LogP contribution in [-0.4, -0.2) is 22.7 Å². The van der Waals surface area contributed by atoms with Crippen molar-refractivity contribution in [3.05, 3.63) is 48.0 Å². The van der Waals surface area contributed by atoms with Gasteiger partial charge in [0.2, 0.25) is 0 Å². The molecule has 1 aromatic rings. The minimum Gasteiger partial charge on any atom is -0.478 e. The van der Waals surface area contributed by atoms with Crippen molar-refractivity contribution in [3.63, 3.8) is 0 Å². The lowest BCUT2D eigenvalue weighted by Crippen LogP contribution is -2.34. The average Bonchev–Trinajstić information content (AvgIpc) is 2.34. The van der Waals surface area contributed by atoms with E-state index in [1.165, 1.54) is 0 Å². The Kier molecular flexibility index (Phi) is 5.16. The van der Waals surface area contributed by atoms with Gasteiger partial charge in [-0.1, -0.05) is 18.2 Å². The summed E-state index contributed by atoms with van der Waals surface area (Å²) in [4.78, 5) is 10.8. The SMILES string of the molecule is C=CCNC(=S)NCc1cccc(C(=O)O)c1. The van der Waals surface area contributed by atoms with Crippen LogP contribution in [0.4, 0.5) is 0 Å². The topological polar surface area (TPSA) is 61.4 Å². The van der Waals surface area contributed by atoms with Gasteiger partial charge < -0.3 is 15.7 Å². The van der Waals surface area contributed by atoms with Gasteiger partial charge in [-0.25, -0.2) is 4.79 Å². The third kappa shape index (κ3) is 4.65. The van der Waals surface area contributed by atoms with E-state index in [1.807, 2.05) is 6.07 Å². The number of rotatable bonds is 5. The van der Waals surface area contributed by atoms with E-state index < -0.39 is 5.97 Å². The standard InChI is InChI=1S/C12H14N2O2S/c1-2-6-13-12(17)14-8-9-4-3-5-10(7-9)11(15)16/h2-5,7H,1,6,8H2,(H,15,16)(H2,13,14,17). The normalized spacial score (nSPS) is 9.41. The Hall–Kier alpha value is -1.88. The van der Waals surface area contributed by atoms with E-state index in [0.717, 1.165) is 5.56 Å². The van der Waals surface area contributed by atoms with E-state index in [2.05, 4.69) is 17.2 Å². The van der Waals surface area contributed by atoms with Crippen molar-refractivity contribution in [1.82, 2.24) is 10.6 Å². The largest absolute Gasteiger partial charge is 0.478 e. The number of aromatic carboxylic acids is 1. The molecule has 0 fully saturated rings. The number of carboxylic acids is 1. The minimum atomic E-state index is -0.931. The van der Waals surface area contributed by atoms with E-state index >= 15 is 0 Å². The van der Waals surface area contributed by atoms with Crippen molar-refractivity contribution in [2.45, 2.75) is 6.54 Å². The summed E-state index contributed by atoms with van der Waals surface area (Å²) in [5, 5.41) is 15.3. The molecule has 0 amide bonds. The highest BCUT2D eigenvalue weighted by Crippen LogP contribution is 2.04. The third-order valence-electron chi connectivity index (χ3n) is 2.03. The Morgan fingerprint density at radius 2 is 2.24 bits per heavy atom. The maximum absolute atomic E-state index is 10.8. The van der Waals surface area contributed by atoms with Gasteiger partial charge in [-0.05, 0) is 29.9 Å². The number of hydrogen-bond donors (Lipinski definition) is 3. The highest BCUT2D eigenvalue weighted by molar-refractivity contribution is 7.80. The van der Waals surface area contributed by atoms with E-state index in [9.17, 15) is 4.79 Å². The number of thiocarbonyl (C=S) groups is 1. The third-order valence-corrected chi connectivity index (χ3v) is 2.32. The molecule has 0 heterocycles. The fraction of sp³-hybridized carbons (Fsp3) is 0.167. The van der Waals surface area contributed by atoms with Gasteiger partial charge in [0.05, 0.1) is 5.56 Å². The Labute approximate surface area is 105 Å². The van der Waals surface area contributed by atoms with Crippen molar-refractivity contribution < 1.29 is 9.90 Å². The molecular weight excluding hydrogens is 236 g/mol. The first kappa shape index (κ1) is 13.2. The molecule has 0 radical (unpaired) electrons. The van der Waals surface area contributed by atoms with Crippen LogP contribution >= 0.6 is 12.2 Å². The van der Waals surface area contributed by atoms with Crippen molar-refractivity contribution in [2.75, 3.05) is 6.54 Å². The molecule has 0 aliphatic rings. The maximum atomic E-state index is 10.8. The van der Waals surface area contributed by atoms with Crippen LogP contribution in [0.1, 0.15) is 15.9 Å². The quantitative estimate of drug-likeness (QED) is 0.546. The zero-order chi connectivity index (χ0) is 12.7. The first-order valence-electron chi connectivity index (χ1n) is 5.08. The zero-order valence-corrected chi connectivity index (χ0v) is 10.1. The van der Waals surface area contributed by atoms with Crippen molar-refractivity contribution in [1.29, 1.82) is 0 Å². The molecule has 1 aromatic carbocycles. The molecule has 17 heavy (non-hydrogen) atoms. The summed E-state index contributed by atoms with van der Waals surface area (Å²) in [6.45, 7) is 4.66. The van der Waals surface area contributed by atoms with Gasteiger partial charge in [0, 0.05) is 13.1 Å². The predicted octanol–water partition coefficient (Wildman–Crippen LogP) is 1.53. The molecule has 0 spiro atoms. The highest BCUT2D eigenvalue weighted by Gasteiger charge is 2.03. The number of carbonyl (C=O) groups is 1. The van der Waals surface area contributed by atoms with Crippen LogP contribution in [0.25, 0.3) is 0 Å². The van der Waals surface area contributed by atoms with Gasteiger partial charge in [0.1, 0.15) is 0 Å². The Morgan fingerprint density at radius 3 is 2.88 bits per heavy atom. The summed E-state index contributed by atoms with van der Waals surface area (Å²) in [5.74, 6) is -0.931. The number of carboxylic acid groups (broad SMARTS) is 1. The average molecular weight is 250 g/mol. The number of hydrogen-bond acceptors (Lipinski definition) is 2. The highest BCUT2D eigenvalue weighted by atomic mass is 32.1. The van der Waals surface area contributed by atoms with E-state index in [1.54, 1.807) is 24.3 Å². The molecule has 4 nitrogen and oxygen atoms in total. The lowest BCUT2D eigenvalue weighted by molar-refractivity contribution is 0.0697. The molecule has 0 atom stereocenters. The molecule has 0 aliphatic heterocycles. The van der Waals surface area contributed by atoms with Gasteiger partial charge in [0.25, 0.3) is 0 Å². The second kappa shape index (κ2) is 6.65. The predicted molar refractivity (Wildman–Crippen MR) is 71.0 cm³/mol. The fourth-order valence-corrected chi connectivity index (χ4v) is 1.38. The van der Waals surface area contributed by atoms with Crippen LogP contribution in [0.3, 0.4) is 0 Å². The van der Waals surface area contributed by atoms with Crippen LogP contribution in [0, 0.1) is 0 Å². The molecule has 0 saturated carbocycles. The van der Waals surface area contributed by atoms with Crippen LogP contribution in [0.2, 0.25) is 0 Å². The Bertz CT molecular complexity index is 432. The van der Waals surface area contributed by atoms with Crippen molar-refractivity contribution in [2.24, 2.45) is 0 Å². The Balaban J connectivity index is 2.51. The molecule has 0 saturated heterocycles. The molecule has 0 aliphatic carbocycles. The van der Waals surface area contributed by atoms with Gasteiger partial charge in [-0.3, -0.25) is 0 Å². The lowest BCUT2D eigenvalue weighted by atomic mass is 10.1. The summed E-state index contributed by atoms with van der Waals surface area (Å²) >= 11 is 5.02. The Morgan fingerprint density at radius 1 is 1.47 bits per heavy atom. The van der Waals surface area contributed by atoms with Crippen LogP contribution in [-0.2, 0) is 6.54 Å². The molecule has 90 valence electrons. The van der Waals surface area contributed by atoms with Crippen LogP contribution < -0.4 is 10.6 Å². The molecular formula is C12H14N2O2S. The molecule has 0 unspecified atom stereocenters. The summed E-state index contributed by atoms with van der Waals surface area (Å²) in [6.07, 6.45) is 1.71. The first-order valence-corrected chi connectivity index (χ1v) is 5.49. The first-order chi connectivity index (χ1) is 8.13. The van der Waals surface area contributed by atoms with Crippen molar-refractivity contribution >= 4 is 23.3 Å². The molecule has 0 bridgehead atoms. The summed E-state index contributed by atoms with van der Waals surface area (Å²) in [7, 11) is 0. The van der Waals surface area contributed by atoms with E-state index in [4.69, 9.17) is 17.3 Å². The molecule has 5 heteroatoms. The smallest absolute Gasteiger partial charge is 0.335 e. The van der Waals surface area contributed by atoms with Crippen molar-refractivity contribution in [3.8, 4) is 0 Å². The van der Waals surface area contributed by atoms with Gasteiger partial charge in [-0.2, -0.15) is 0 Å². The summed E-state index contributed by atoms with van der Waals surface area (Å²) in [6, 6.07) is 6.72. The molecule has 3 N–H and O–H groups in total.